The summed E-state index contributed by atoms with van der Waals surface area (Å²) in [6.07, 6.45) is 4.81. The average molecular weight is 292 g/mol. The highest BCUT2D eigenvalue weighted by atomic mass is 16.5. The first-order valence-electron chi connectivity index (χ1n) is 7.92. The Morgan fingerprint density at radius 2 is 2.10 bits per heavy atom. The Labute approximate surface area is 128 Å². The molecule has 0 aliphatic carbocycles. The van der Waals surface area contributed by atoms with Gasteiger partial charge in [0.15, 0.2) is 0 Å². The number of nitrogens with two attached hydrogens (primary N) is 1. The van der Waals surface area contributed by atoms with Crippen molar-refractivity contribution in [3.63, 3.8) is 0 Å². The Bertz CT molecular complexity index is 446. The van der Waals surface area contributed by atoms with Crippen LogP contribution in [0.15, 0.2) is 18.2 Å². The molecule has 0 saturated heterocycles. The van der Waals surface area contributed by atoms with E-state index in [9.17, 15) is 4.79 Å². The Morgan fingerprint density at radius 1 is 1.33 bits per heavy atom. The highest BCUT2D eigenvalue weighted by Gasteiger charge is 2.14. The third kappa shape index (κ3) is 5.66. The molecule has 4 heteroatoms. The van der Waals surface area contributed by atoms with E-state index in [1.807, 2.05) is 6.07 Å². The van der Waals surface area contributed by atoms with Crippen molar-refractivity contribution in [3.05, 3.63) is 23.8 Å². The number of rotatable bonds is 9. The van der Waals surface area contributed by atoms with Gasteiger partial charge in [-0.1, -0.05) is 33.1 Å². The summed E-state index contributed by atoms with van der Waals surface area (Å²) in [7, 11) is 0. The summed E-state index contributed by atoms with van der Waals surface area (Å²) in [6, 6.07) is 5.33. The number of hydrogen-bond donors (Lipinski definition) is 2. The molecule has 0 amide bonds. The summed E-state index contributed by atoms with van der Waals surface area (Å²) in [4.78, 5) is 12.0. The fourth-order valence-corrected chi connectivity index (χ4v) is 2.29. The van der Waals surface area contributed by atoms with Crippen molar-refractivity contribution in [2.45, 2.75) is 46.5 Å². The van der Waals surface area contributed by atoms with Gasteiger partial charge in [0, 0.05) is 17.9 Å². The summed E-state index contributed by atoms with van der Waals surface area (Å²) in [5, 5.41) is 3.38. The van der Waals surface area contributed by atoms with E-state index >= 15 is 0 Å². The van der Waals surface area contributed by atoms with E-state index in [0.29, 0.717) is 23.8 Å². The van der Waals surface area contributed by atoms with E-state index in [2.05, 4.69) is 19.2 Å². The topological polar surface area (TPSA) is 64.3 Å². The van der Waals surface area contributed by atoms with Crippen molar-refractivity contribution in [1.29, 1.82) is 0 Å². The second-order valence-corrected chi connectivity index (χ2v) is 5.32. The molecule has 0 bridgehead atoms. The Hall–Kier alpha value is -1.71. The normalized spacial score (nSPS) is 12.0. The minimum absolute atomic E-state index is 0.325. The zero-order valence-corrected chi connectivity index (χ0v) is 13.4. The smallest absolute Gasteiger partial charge is 0.340 e. The van der Waals surface area contributed by atoms with Gasteiger partial charge in [0.2, 0.25) is 0 Å². The first-order valence-corrected chi connectivity index (χ1v) is 7.92. The van der Waals surface area contributed by atoms with E-state index in [0.717, 1.165) is 18.7 Å². The molecule has 1 rings (SSSR count). The molecule has 3 N–H and O–H groups in total. The number of nitrogens with one attached hydrogen (secondary N) is 1. The van der Waals surface area contributed by atoms with Crippen LogP contribution in [0.25, 0.3) is 0 Å². The van der Waals surface area contributed by atoms with Crippen molar-refractivity contribution in [2.24, 2.45) is 5.92 Å². The van der Waals surface area contributed by atoms with Crippen LogP contribution in [-0.4, -0.2) is 19.1 Å². The maximum Gasteiger partial charge on any atom is 0.340 e. The van der Waals surface area contributed by atoms with Crippen molar-refractivity contribution in [3.8, 4) is 0 Å². The molecule has 1 aromatic rings. The SMILES string of the molecule is CCCCC(CC)CNc1ccc(N)cc1C(=O)OCC. The summed E-state index contributed by atoms with van der Waals surface area (Å²) >= 11 is 0. The van der Waals surface area contributed by atoms with Gasteiger partial charge in [-0.05, 0) is 37.5 Å². The molecule has 0 radical (unpaired) electrons. The average Bonchev–Trinajstić information content (AvgIpc) is 2.48. The lowest BCUT2D eigenvalue weighted by Gasteiger charge is -2.18. The molecule has 0 heterocycles. The number of carbonyl (C=O) groups excluding carboxylic acids is 1. The number of benzene rings is 1. The van der Waals surface area contributed by atoms with E-state index in [1.54, 1.807) is 19.1 Å². The van der Waals surface area contributed by atoms with Gasteiger partial charge in [-0.3, -0.25) is 0 Å². The molecule has 0 spiro atoms. The maximum atomic E-state index is 12.0. The van der Waals surface area contributed by atoms with Gasteiger partial charge in [-0.15, -0.1) is 0 Å². The highest BCUT2D eigenvalue weighted by Crippen LogP contribution is 2.22. The van der Waals surface area contributed by atoms with Gasteiger partial charge < -0.3 is 15.8 Å². The van der Waals surface area contributed by atoms with E-state index in [-0.39, 0.29) is 5.97 Å². The Morgan fingerprint density at radius 3 is 2.71 bits per heavy atom. The zero-order chi connectivity index (χ0) is 15.7. The third-order valence-corrected chi connectivity index (χ3v) is 3.66. The zero-order valence-electron chi connectivity index (χ0n) is 13.4. The second-order valence-electron chi connectivity index (χ2n) is 5.32. The van der Waals surface area contributed by atoms with Gasteiger partial charge >= 0.3 is 5.97 Å². The predicted octanol–water partition coefficient (Wildman–Crippen LogP) is 4.07. The minimum atomic E-state index is -0.325. The summed E-state index contributed by atoms with van der Waals surface area (Å²) < 4.78 is 5.09. The molecule has 118 valence electrons. The summed E-state index contributed by atoms with van der Waals surface area (Å²) in [6.45, 7) is 7.44. The first-order chi connectivity index (χ1) is 10.1. The largest absolute Gasteiger partial charge is 0.462 e. The molecule has 1 atom stereocenters. The van der Waals surface area contributed by atoms with Crippen molar-refractivity contribution in [1.82, 2.24) is 0 Å². The lowest BCUT2D eigenvalue weighted by Crippen LogP contribution is -2.16. The van der Waals surface area contributed by atoms with Crippen LogP contribution in [0.3, 0.4) is 0 Å². The van der Waals surface area contributed by atoms with Crippen molar-refractivity contribution < 1.29 is 9.53 Å². The number of hydrogen-bond acceptors (Lipinski definition) is 4. The number of esters is 1. The Balaban J connectivity index is 2.75. The first kappa shape index (κ1) is 17.3. The molecule has 4 nitrogen and oxygen atoms in total. The number of ether oxygens (including phenoxy) is 1. The molecule has 1 aromatic carbocycles. The van der Waals surface area contributed by atoms with E-state index < -0.39 is 0 Å². The second kappa shape index (κ2) is 9.27. The Kier molecular flexibility index (Phi) is 7.65. The van der Waals surface area contributed by atoms with Gasteiger partial charge in [-0.25, -0.2) is 4.79 Å². The molecular formula is C17H28N2O2. The van der Waals surface area contributed by atoms with Crippen molar-refractivity contribution in [2.75, 3.05) is 24.2 Å². The monoisotopic (exact) mass is 292 g/mol. The van der Waals surface area contributed by atoms with Crippen LogP contribution in [0, 0.1) is 5.92 Å². The molecule has 0 saturated carbocycles. The number of carbonyl (C=O) groups is 1. The summed E-state index contributed by atoms with van der Waals surface area (Å²) in [5.74, 6) is 0.298. The predicted molar refractivity (Wildman–Crippen MR) is 88.6 cm³/mol. The molecule has 1 unspecified atom stereocenters. The van der Waals surface area contributed by atoms with Crippen LogP contribution in [-0.2, 0) is 4.74 Å². The van der Waals surface area contributed by atoms with Gasteiger partial charge in [0.25, 0.3) is 0 Å². The molecule has 0 aliphatic heterocycles. The number of anilines is 2. The maximum absolute atomic E-state index is 12.0. The van der Waals surface area contributed by atoms with Gasteiger partial charge in [-0.2, -0.15) is 0 Å². The van der Waals surface area contributed by atoms with Gasteiger partial charge in [0.05, 0.1) is 12.2 Å². The van der Waals surface area contributed by atoms with Crippen LogP contribution in [0.1, 0.15) is 56.8 Å². The lowest BCUT2D eigenvalue weighted by molar-refractivity contribution is 0.0527. The fraction of sp³-hybridized carbons (Fsp3) is 0.588. The fourth-order valence-electron chi connectivity index (χ4n) is 2.29. The third-order valence-electron chi connectivity index (χ3n) is 3.66. The van der Waals surface area contributed by atoms with Crippen LogP contribution in [0.2, 0.25) is 0 Å². The minimum Gasteiger partial charge on any atom is -0.462 e. The number of unbranched alkanes of at least 4 members (excludes halogenated alkanes) is 1. The van der Waals surface area contributed by atoms with Gasteiger partial charge in [0.1, 0.15) is 0 Å². The van der Waals surface area contributed by atoms with Crippen LogP contribution < -0.4 is 11.1 Å². The molecule has 0 fully saturated rings. The highest BCUT2D eigenvalue weighted by molar-refractivity contribution is 5.96. The summed E-state index contributed by atoms with van der Waals surface area (Å²) in [5.41, 5.74) is 7.66. The van der Waals surface area contributed by atoms with E-state index in [1.165, 1.54) is 19.3 Å². The van der Waals surface area contributed by atoms with Crippen LogP contribution in [0.4, 0.5) is 11.4 Å². The molecule has 21 heavy (non-hydrogen) atoms. The molecule has 0 aromatic heterocycles. The van der Waals surface area contributed by atoms with E-state index in [4.69, 9.17) is 10.5 Å². The van der Waals surface area contributed by atoms with Crippen LogP contribution >= 0.6 is 0 Å². The van der Waals surface area contributed by atoms with Crippen molar-refractivity contribution >= 4 is 17.3 Å². The molecule has 0 aliphatic rings. The quantitative estimate of drug-likeness (QED) is 0.532. The lowest BCUT2D eigenvalue weighted by atomic mass is 9.99. The standard InChI is InChI=1S/C17H28N2O2/c1-4-7-8-13(5-2)12-19-16-10-9-14(18)11-15(16)17(20)21-6-3/h9-11,13,19H,4-8,12,18H2,1-3H3. The number of nitrogen functional groups attached to an aromatic ring is 1. The molecular weight excluding hydrogens is 264 g/mol. The van der Waals surface area contributed by atoms with Crippen LogP contribution in [0.5, 0.6) is 0 Å².